The fraction of sp³-hybridized carbons (Fsp3) is 0.0526. The number of halogens is 2. The zero-order valence-electron chi connectivity index (χ0n) is 13.6. The first kappa shape index (κ1) is 18.2. The number of carbonyl (C=O) groups is 1. The number of amides is 2. The predicted octanol–water partition coefficient (Wildman–Crippen LogP) is 5.61. The number of pyridine rings is 1. The maximum atomic E-state index is 12.0. The van der Waals surface area contributed by atoms with Crippen LogP contribution in [0.15, 0.2) is 71.5 Å². The minimum atomic E-state index is -0.327. The smallest absolute Gasteiger partial charge is 0.319 e. The van der Waals surface area contributed by atoms with Crippen molar-refractivity contribution >= 4 is 39.2 Å². The molecule has 2 N–H and O–H groups in total. The lowest BCUT2D eigenvalue weighted by Crippen LogP contribution is -2.28. The first-order chi connectivity index (χ1) is 12.6. The van der Waals surface area contributed by atoms with Crippen LogP contribution in [0.1, 0.15) is 5.56 Å². The molecule has 0 aliphatic heterocycles. The van der Waals surface area contributed by atoms with E-state index < -0.39 is 0 Å². The summed E-state index contributed by atoms with van der Waals surface area (Å²) in [5.74, 6) is 1.43. The molecule has 0 spiro atoms. The van der Waals surface area contributed by atoms with Crippen LogP contribution in [0.4, 0.5) is 10.5 Å². The summed E-state index contributed by atoms with van der Waals surface area (Å²) in [6.45, 7) is 0.384. The van der Waals surface area contributed by atoms with E-state index in [9.17, 15) is 4.79 Å². The highest BCUT2D eigenvalue weighted by molar-refractivity contribution is 9.10. The van der Waals surface area contributed by atoms with Gasteiger partial charge in [0.15, 0.2) is 0 Å². The molecule has 0 saturated heterocycles. The van der Waals surface area contributed by atoms with Gasteiger partial charge in [0.2, 0.25) is 0 Å². The van der Waals surface area contributed by atoms with Crippen LogP contribution in [-0.2, 0) is 6.54 Å². The minimum Gasteiger partial charge on any atom is -0.457 e. The van der Waals surface area contributed by atoms with E-state index in [2.05, 4.69) is 31.5 Å². The number of carbonyl (C=O) groups excluding carboxylic acids is 1. The van der Waals surface area contributed by atoms with Gasteiger partial charge < -0.3 is 15.4 Å². The van der Waals surface area contributed by atoms with Crippen molar-refractivity contribution in [2.24, 2.45) is 0 Å². The summed E-state index contributed by atoms with van der Waals surface area (Å²) in [5, 5.41) is 5.97. The van der Waals surface area contributed by atoms with Crippen molar-refractivity contribution < 1.29 is 9.53 Å². The number of urea groups is 1. The van der Waals surface area contributed by atoms with E-state index in [-0.39, 0.29) is 6.03 Å². The topological polar surface area (TPSA) is 63.2 Å². The SMILES string of the molecule is O=C(NCc1ccc(Oc2ccncc2)cc1)Nc1ccc(Br)cc1Cl. The number of ether oxygens (including phenoxy) is 1. The molecule has 26 heavy (non-hydrogen) atoms. The first-order valence-corrected chi connectivity index (χ1v) is 8.94. The summed E-state index contributed by atoms with van der Waals surface area (Å²) in [7, 11) is 0. The molecule has 3 aromatic rings. The fourth-order valence-electron chi connectivity index (χ4n) is 2.16. The molecule has 0 bridgehead atoms. The van der Waals surface area contributed by atoms with E-state index in [1.54, 1.807) is 36.7 Å². The van der Waals surface area contributed by atoms with E-state index in [1.165, 1.54) is 0 Å². The number of rotatable bonds is 5. The average molecular weight is 433 g/mol. The van der Waals surface area contributed by atoms with Crippen LogP contribution in [0, 0.1) is 0 Å². The quantitative estimate of drug-likeness (QED) is 0.551. The highest BCUT2D eigenvalue weighted by Gasteiger charge is 2.06. The van der Waals surface area contributed by atoms with E-state index in [4.69, 9.17) is 16.3 Å². The lowest BCUT2D eigenvalue weighted by Gasteiger charge is -2.10. The molecule has 7 heteroatoms. The molecule has 0 aliphatic rings. The molecule has 0 saturated carbocycles. The van der Waals surface area contributed by atoms with Crippen LogP contribution in [0.2, 0.25) is 5.02 Å². The first-order valence-electron chi connectivity index (χ1n) is 7.77. The molecule has 2 amide bonds. The van der Waals surface area contributed by atoms with Gasteiger partial charge >= 0.3 is 6.03 Å². The van der Waals surface area contributed by atoms with Crippen LogP contribution in [0.5, 0.6) is 11.5 Å². The molecule has 1 heterocycles. The Morgan fingerprint density at radius 2 is 1.73 bits per heavy atom. The summed E-state index contributed by atoms with van der Waals surface area (Å²) in [6, 6.07) is 16.0. The van der Waals surface area contributed by atoms with Crippen molar-refractivity contribution in [1.29, 1.82) is 0 Å². The van der Waals surface area contributed by atoms with Crippen LogP contribution >= 0.6 is 27.5 Å². The van der Waals surface area contributed by atoms with Gasteiger partial charge in [-0.25, -0.2) is 4.79 Å². The Morgan fingerprint density at radius 1 is 1.04 bits per heavy atom. The molecular weight excluding hydrogens is 418 g/mol. The molecule has 2 aromatic carbocycles. The molecule has 132 valence electrons. The van der Waals surface area contributed by atoms with Gasteiger partial charge in [-0.15, -0.1) is 0 Å². The van der Waals surface area contributed by atoms with Crippen LogP contribution in [-0.4, -0.2) is 11.0 Å². The third-order valence-corrected chi connectivity index (χ3v) is 4.25. The molecule has 1 aromatic heterocycles. The van der Waals surface area contributed by atoms with Gasteiger partial charge in [0, 0.05) is 23.4 Å². The molecule has 0 aliphatic carbocycles. The van der Waals surface area contributed by atoms with E-state index in [0.717, 1.165) is 15.8 Å². The Balaban J connectivity index is 1.52. The number of nitrogens with one attached hydrogen (secondary N) is 2. The lowest BCUT2D eigenvalue weighted by molar-refractivity contribution is 0.251. The Bertz CT molecular complexity index is 889. The molecule has 3 rings (SSSR count). The summed E-state index contributed by atoms with van der Waals surface area (Å²) < 4.78 is 6.55. The predicted molar refractivity (Wildman–Crippen MR) is 106 cm³/mol. The monoisotopic (exact) mass is 431 g/mol. The zero-order valence-corrected chi connectivity index (χ0v) is 15.9. The second-order valence-electron chi connectivity index (χ2n) is 5.36. The number of anilines is 1. The molecule has 5 nitrogen and oxygen atoms in total. The van der Waals surface area contributed by atoms with E-state index >= 15 is 0 Å². The summed E-state index contributed by atoms with van der Waals surface area (Å²) in [4.78, 5) is 16.0. The van der Waals surface area contributed by atoms with E-state index in [1.807, 2.05) is 30.3 Å². The lowest BCUT2D eigenvalue weighted by atomic mass is 10.2. The minimum absolute atomic E-state index is 0.327. The number of hydrogen-bond acceptors (Lipinski definition) is 3. The Labute approximate surface area is 164 Å². The third-order valence-electron chi connectivity index (χ3n) is 3.44. The fourth-order valence-corrected chi connectivity index (χ4v) is 2.88. The van der Waals surface area contributed by atoms with Crippen molar-refractivity contribution in [3.05, 3.63) is 82.0 Å². The number of hydrogen-bond donors (Lipinski definition) is 2. The maximum Gasteiger partial charge on any atom is 0.319 e. The maximum absolute atomic E-state index is 12.0. The summed E-state index contributed by atoms with van der Waals surface area (Å²) in [6.07, 6.45) is 3.34. The molecule has 0 atom stereocenters. The Kier molecular flexibility index (Phi) is 6.09. The summed E-state index contributed by atoms with van der Waals surface area (Å²) in [5.41, 5.74) is 1.50. The molecule has 0 unspecified atom stereocenters. The van der Waals surface area contributed by atoms with Gasteiger partial charge in [0.25, 0.3) is 0 Å². The van der Waals surface area contributed by atoms with Gasteiger partial charge in [-0.1, -0.05) is 39.7 Å². The van der Waals surface area contributed by atoms with Crippen LogP contribution in [0.3, 0.4) is 0 Å². The second kappa shape index (κ2) is 8.69. The van der Waals surface area contributed by atoms with E-state index in [0.29, 0.717) is 23.0 Å². The van der Waals surface area contributed by atoms with Gasteiger partial charge in [-0.3, -0.25) is 4.98 Å². The highest BCUT2D eigenvalue weighted by Crippen LogP contribution is 2.25. The van der Waals surface area contributed by atoms with Gasteiger partial charge in [0.1, 0.15) is 11.5 Å². The van der Waals surface area contributed by atoms with Crippen LogP contribution < -0.4 is 15.4 Å². The molecule has 0 fully saturated rings. The second-order valence-corrected chi connectivity index (χ2v) is 6.68. The highest BCUT2D eigenvalue weighted by atomic mass is 79.9. The molecular formula is C19H15BrClN3O2. The number of aromatic nitrogens is 1. The van der Waals surface area contributed by atoms with Crippen molar-refractivity contribution in [2.75, 3.05) is 5.32 Å². The number of nitrogens with zero attached hydrogens (tertiary/aromatic N) is 1. The molecule has 0 radical (unpaired) electrons. The van der Waals surface area contributed by atoms with Gasteiger partial charge in [-0.05, 0) is 48.0 Å². The Hall–Kier alpha value is -2.57. The van der Waals surface area contributed by atoms with Crippen molar-refractivity contribution in [3.8, 4) is 11.5 Å². The van der Waals surface area contributed by atoms with Gasteiger partial charge in [-0.2, -0.15) is 0 Å². The summed E-state index contributed by atoms with van der Waals surface area (Å²) >= 11 is 9.41. The largest absolute Gasteiger partial charge is 0.457 e. The number of benzene rings is 2. The normalized spacial score (nSPS) is 10.2. The van der Waals surface area contributed by atoms with Gasteiger partial charge in [0.05, 0.1) is 10.7 Å². The standard InChI is InChI=1S/C19H15BrClN3O2/c20-14-3-6-18(17(21)11-14)24-19(25)23-12-13-1-4-15(5-2-13)26-16-7-9-22-10-8-16/h1-11H,12H2,(H2,23,24,25). The van der Waals surface area contributed by atoms with Crippen molar-refractivity contribution in [2.45, 2.75) is 6.54 Å². The van der Waals surface area contributed by atoms with Crippen molar-refractivity contribution in [1.82, 2.24) is 10.3 Å². The third kappa shape index (κ3) is 5.21. The van der Waals surface area contributed by atoms with Crippen molar-refractivity contribution in [3.63, 3.8) is 0 Å². The van der Waals surface area contributed by atoms with Crippen LogP contribution in [0.25, 0.3) is 0 Å². The average Bonchev–Trinajstić information content (AvgIpc) is 2.64. The zero-order chi connectivity index (χ0) is 18.4. The Morgan fingerprint density at radius 3 is 2.42 bits per heavy atom.